The number of benzene rings is 1. The van der Waals surface area contributed by atoms with Gasteiger partial charge in [0.15, 0.2) is 5.11 Å². The van der Waals surface area contributed by atoms with E-state index in [-0.39, 0.29) is 16.4 Å². The van der Waals surface area contributed by atoms with Crippen LogP contribution in [-0.4, -0.2) is 16.9 Å². The van der Waals surface area contributed by atoms with Crippen LogP contribution in [0.25, 0.3) is 6.08 Å². The zero-order valence-electron chi connectivity index (χ0n) is 12.0. The van der Waals surface area contributed by atoms with Crippen LogP contribution in [0.4, 0.5) is 10.1 Å². The third kappa shape index (κ3) is 2.93. The van der Waals surface area contributed by atoms with Gasteiger partial charge in [-0.3, -0.25) is 19.8 Å². The Morgan fingerprint density at radius 2 is 2.09 bits per heavy atom. The van der Waals surface area contributed by atoms with Gasteiger partial charge in [0.1, 0.15) is 11.4 Å². The molecule has 2 aromatic rings. The summed E-state index contributed by atoms with van der Waals surface area (Å²) in [4.78, 5) is 26.7. The third-order valence-corrected chi connectivity index (χ3v) is 4.60. The second-order valence-corrected chi connectivity index (χ2v) is 6.24. The minimum Gasteiger partial charge on any atom is -0.298 e. The summed E-state index contributed by atoms with van der Waals surface area (Å²) < 4.78 is 13.4. The van der Waals surface area contributed by atoms with Crippen LogP contribution in [0, 0.1) is 12.7 Å². The number of carbonyl (C=O) groups excluding carboxylic acids is 2. The van der Waals surface area contributed by atoms with Crippen molar-refractivity contribution >= 4 is 52.2 Å². The van der Waals surface area contributed by atoms with Crippen LogP contribution >= 0.6 is 23.6 Å². The molecule has 1 saturated heterocycles. The van der Waals surface area contributed by atoms with Gasteiger partial charge in [-0.05, 0) is 60.4 Å². The van der Waals surface area contributed by atoms with E-state index in [1.165, 1.54) is 35.6 Å². The maximum atomic E-state index is 13.4. The normalized spacial score (nSPS) is 16.9. The molecule has 1 aromatic heterocycles. The van der Waals surface area contributed by atoms with E-state index < -0.39 is 17.6 Å². The van der Waals surface area contributed by atoms with Gasteiger partial charge in [0.05, 0.1) is 5.69 Å². The van der Waals surface area contributed by atoms with Gasteiger partial charge in [0, 0.05) is 4.88 Å². The molecule has 116 valence electrons. The van der Waals surface area contributed by atoms with Crippen LogP contribution in [0.2, 0.25) is 0 Å². The molecular formula is C16H11FN2O2S2. The summed E-state index contributed by atoms with van der Waals surface area (Å²) in [6, 6.07) is 7.39. The first-order chi connectivity index (χ1) is 11.0. The molecule has 1 N–H and O–H groups in total. The summed E-state index contributed by atoms with van der Waals surface area (Å²) >= 11 is 6.49. The van der Waals surface area contributed by atoms with E-state index in [0.29, 0.717) is 0 Å². The predicted octanol–water partition coefficient (Wildman–Crippen LogP) is 3.03. The summed E-state index contributed by atoms with van der Waals surface area (Å²) in [6.45, 7) is 1.89. The van der Waals surface area contributed by atoms with Gasteiger partial charge in [-0.2, -0.15) is 0 Å². The van der Waals surface area contributed by atoms with Crippen molar-refractivity contribution in [2.45, 2.75) is 6.92 Å². The van der Waals surface area contributed by atoms with Crippen molar-refractivity contribution in [2.24, 2.45) is 0 Å². The molecule has 1 aliphatic heterocycles. The van der Waals surface area contributed by atoms with Crippen LogP contribution < -0.4 is 10.2 Å². The average Bonchev–Trinajstić information content (AvgIpc) is 2.88. The molecule has 2 heterocycles. The summed E-state index contributed by atoms with van der Waals surface area (Å²) in [6.07, 6.45) is 1.53. The van der Waals surface area contributed by atoms with Gasteiger partial charge in [0.25, 0.3) is 11.8 Å². The second-order valence-electron chi connectivity index (χ2n) is 4.91. The smallest absolute Gasteiger partial charge is 0.270 e. The Balaban J connectivity index is 2.04. The van der Waals surface area contributed by atoms with Crippen molar-refractivity contribution in [3.05, 3.63) is 57.5 Å². The molecule has 23 heavy (non-hydrogen) atoms. The fraction of sp³-hybridized carbons (Fsp3) is 0.0625. The Kier molecular flexibility index (Phi) is 4.06. The largest absolute Gasteiger partial charge is 0.298 e. The van der Waals surface area contributed by atoms with Crippen LogP contribution in [0.1, 0.15) is 10.4 Å². The molecule has 0 bridgehead atoms. The Labute approximate surface area is 141 Å². The number of amides is 2. The monoisotopic (exact) mass is 346 g/mol. The Morgan fingerprint density at radius 3 is 2.74 bits per heavy atom. The summed E-state index contributed by atoms with van der Waals surface area (Å²) in [5.41, 5.74) is 1.20. The number of hydrogen-bond donors (Lipinski definition) is 1. The van der Waals surface area contributed by atoms with Crippen molar-refractivity contribution in [1.29, 1.82) is 0 Å². The maximum Gasteiger partial charge on any atom is 0.270 e. The highest BCUT2D eigenvalue weighted by Crippen LogP contribution is 2.25. The first kappa shape index (κ1) is 15.5. The predicted molar refractivity (Wildman–Crippen MR) is 91.7 cm³/mol. The van der Waals surface area contributed by atoms with Crippen LogP contribution in [0.3, 0.4) is 0 Å². The van der Waals surface area contributed by atoms with Gasteiger partial charge in [-0.15, -0.1) is 11.3 Å². The maximum absolute atomic E-state index is 13.4. The van der Waals surface area contributed by atoms with E-state index in [0.717, 1.165) is 15.3 Å². The number of anilines is 1. The van der Waals surface area contributed by atoms with Crippen molar-refractivity contribution in [2.75, 3.05) is 4.90 Å². The number of halogens is 1. The molecule has 0 saturated carbocycles. The molecular weight excluding hydrogens is 335 g/mol. The molecule has 1 aromatic carbocycles. The number of rotatable bonds is 2. The minimum atomic E-state index is -0.572. The molecule has 0 atom stereocenters. The highest BCUT2D eigenvalue weighted by Gasteiger charge is 2.34. The topological polar surface area (TPSA) is 49.4 Å². The lowest BCUT2D eigenvalue weighted by Crippen LogP contribution is -2.54. The van der Waals surface area contributed by atoms with Crippen molar-refractivity contribution in [3.63, 3.8) is 0 Å². The first-order valence-corrected chi connectivity index (χ1v) is 7.97. The lowest BCUT2D eigenvalue weighted by Gasteiger charge is -2.28. The van der Waals surface area contributed by atoms with E-state index >= 15 is 0 Å². The van der Waals surface area contributed by atoms with E-state index in [4.69, 9.17) is 12.2 Å². The Hall–Kier alpha value is -2.38. The van der Waals surface area contributed by atoms with Crippen LogP contribution in [0.5, 0.6) is 0 Å². The van der Waals surface area contributed by atoms with E-state index in [1.807, 2.05) is 18.4 Å². The molecule has 7 heteroatoms. The Morgan fingerprint density at radius 1 is 1.30 bits per heavy atom. The minimum absolute atomic E-state index is 0.0339. The molecule has 0 unspecified atom stereocenters. The molecule has 0 spiro atoms. The lowest BCUT2D eigenvalue weighted by molar-refractivity contribution is -0.122. The average molecular weight is 346 g/mol. The second kappa shape index (κ2) is 6.02. The number of thiophene rings is 1. The SMILES string of the molecule is Cc1ccsc1/C=C1\C(=O)NC(=S)N(c2cccc(F)c2)C1=O. The van der Waals surface area contributed by atoms with E-state index in [9.17, 15) is 14.0 Å². The van der Waals surface area contributed by atoms with Gasteiger partial charge in [-0.1, -0.05) is 6.07 Å². The van der Waals surface area contributed by atoms with Crippen LogP contribution in [0.15, 0.2) is 41.3 Å². The van der Waals surface area contributed by atoms with Crippen molar-refractivity contribution in [3.8, 4) is 0 Å². The Bertz CT molecular complexity index is 857. The number of nitrogens with one attached hydrogen (secondary N) is 1. The molecule has 4 nitrogen and oxygen atoms in total. The number of thiocarbonyl (C=S) groups is 1. The van der Waals surface area contributed by atoms with E-state index in [2.05, 4.69) is 5.32 Å². The number of nitrogens with zero attached hydrogens (tertiary/aromatic N) is 1. The quantitative estimate of drug-likeness (QED) is 0.517. The van der Waals surface area contributed by atoms with Gasteiger partial charge < -0.3 is 0 Å². The molecule has 1 aliphatic rings. The van der Waals surface area contributed by atoms with Gasteiger partial charge >= 0.3 is 0 Å². The standard InChI is InChI=1S/C16H11FN2O2S2/c1-9-5-6-23-13(9)8-12-14(20)18-16(22)19(15(12)21)11-4-2-3-10(17)7-11/h2-8H,1H3,(H,18,20,22)/b12-8+. The zero-order chi connectivity index (χ0) is 16.6. The molecule has 1 fully saturated rings. The lowest BCUT2D eigenvalue weighted by atomic mass is 10.1. The summed E-state index contributed by atoms with van der Waals surface area (Å²) in [7, 11) is 0. The molecule has 0 radical (unpaired) electrons. The number of aryl methyl sites for hydroxylation is 1. The molecule has 2 amide bonds. The van der Waals surface area contributed by atoms with Gasteiger partial charge in [-0.25, -0.2) is 4.39 Å². The highest BCUT2D eigenvalue weighted by atomic mass is 32.1. The third-order valence-electron chi connectivity index (χ3n) is 3.35. The number of hydrogen-bond acceptors (Lipinski definition) is 4. The summed E-state index contributed by atoms with van der Waals surface area (Å²) in [5.74, 6) is -1.62. The first-order valence-electron chi connectivity index (χ1n) is 6.68. The zero-order valence-corrected chi connectivity index (χ0v) is 13.6. The van der Waals surface area contributed by atoms with Crippen LogP contribution in [-0.2, 0) is 9.59 Å². The summed E-state index contributed by atoms with van der Waals surface area (Å²) in [5, 5.41) is 4.28. The highest BCUT2D eigenvalue weighted by molar-refractivity contribution is 7.80. The molecule has 3 rings (SSSR count). The van der Waals surface area contributed by atoms with Crippen molar-refractivity contribution < 1.29 is 14.0 Å². The fourth-order valence-corrected chi connectivity index (χ4v) is 3.31. The van der Waals surface area contributed by atoms with Gasteiger partial charge in [0.2, 0.25) is 0 Å². The van der Waals surface area contributed by atoms with E-state index in [1.54, 1.807) is 6.07 Å². The van der Waals surface area contributed by atoms with Crippen molar-refractivity contribution in [1.82, 2.24) is 5.32 Å². The fourth-order valence-electron chi connectivity index (χ4n) is 2.17. The molecule has 0 aliphatic carbocycles. The number of carbonyl (C=O) groups is 2.